The van der Waals surface area contributed by atoms with Crippen LogP contribution in [0.25, 0.3) is 22.0 Å². The van der Waals surface area contributed by atoms with Gasteiger partial charge in [-0.2, -0.15) is 0 Å². The smallest absolute Gasteiger partial charge is 0.0712 e. The lowest BCUT2D eigenvalue weighted by Gasteiger charge is -2.25. The van der Waals surface area contributed by atoms with Crippen LogP contribution in [0.5, 0.6) is 0 Å². The highest BCUT2D eigenvalue weighted by Crippen LogP contribution is 2.42. The fourth-order valence-electron chi connectivity index (χ4n) is 3.65. The molecule has 4 rings (SSSR count). The van der Waals surface area contributed by atoms with Gasteiger partial charge in [0.2, 0.25) is 0 Å². The SMILES string of the molecule is CC1CCCc2c1nc1ccc(Cl)cc1c2-c1ccccc1Cl. The first-order valence-electron chi connectivity index (χ1n) is 8.02. The van der Waals surface area contributed by atoms with Crippen LogP contribution in [0.15, 0.2) is 42.5 Å². The molecule has 0 fully saturated rings. The molecule has 0 aliphatic heterocycles. The Labute approximate surface area is 146 Å². The zero-order chi connectivity index (χ0) is 16.0. The van der Waals surface area contributed by atoms with Gasteiger partial charge in [0.15, 0.2) is 0 Å². The quantitative estimate of drug-likeness (QED) is 0.482. The third-order valence-electron chi connectivity index (χ3n) is 4.75. The number of fused-ring (bicyclic) bond motifs is 2. The monoisotopic (exact) mass is 341 g/mol. The van der Waals surface area contributed by atoms with E-state index in [1.165, 1.54) is 29.7 Å². The highest BCUT2D eigenvalue weighted by molar-refractivity contribution is 6.34. The Balaban J connectivity index is 2.15. The maximum absolute atomic E-state index is 6.52. The number of pyridine rings is 1. The molecule has 23 heavy (non-hydrogen) atoms. The third-order valence-corrected chi connectivity index (χ3v) is 5.32. The lowest BCUT2D eigenvalue weighted by molar-refractivity contribution is 0.577. The van der Waals surface area contributed by atoms with Crippen LogP contribution < -0.4 is 0 Å². The molecular weight excluding hydrogens is 325 g/mol. The summed E-state index contributed by atoms with van der Waals surface area (Å²) in [6, 6.07) is 14.0. The second-order valence-corrected chi connectivity index (χ2v) is 7.13. The predicted octanol–water partition coefficient (Wildman–Crippen LogP) is 6.65. The van der Waals surface area contributed by atoms with Crippen LogP contribution in [0.3, 0.4) is 0 Å². The standard InChI is InChI=1S/C20H17Cl2N/c1-12-5-4-7-15-19(14-6-2-3-8-17(14)22)16-11-13(21)9-10-18(16)23-20(12)15/h2-3,6,8-12H,4-5,7H2,1H3. The van der Waals surface area contributed by atoms with Crippen molar-refractivity contribution in [3.63, 3.8) is 0 Å². The lowest BCUT2D eigenvalue weighted by atomic mass is 9.82. The molecule has 0 amide bonds. The van der Waals surface area contributed by atoms with Crippen LogP contribution in [0.4, 0.5) is 0 Å². The highest BCUT2D eigenvalue weighted by Gasteiger charge is 2.24. The summed E-state index contributed by atoms with van der Waals surface area (Å²) >= 11 is 12.8. The van der Waals surface area contributed by atoms with E-state index in [4.69, 9.17) is 28.2 Å². The topological polar surface area (TPSA) is 12.9 Å². The van der Waals surface area contributed by atoms with Gasteiger partial charge in [-0.15, -0.1) is 0 Å². The number of nitrogens with zero attached hydrogens (tertiary/aromatic N) is 1. The molecule has 1 atom stereocenters. The van der Waals surface area contributed by atoms with E-state index in [1.807, 2.05) is 36.4 Å². The van der Waals surface area contributed by atoms with Crippen LogP contribution in [-0.4, -0.2) is 4.98 Å². The van der Waals surface area contributed by atoms with Crippen molar-refractivity contribution in [2.24, 2.45) is 0 Å². The van der Waals surface area contributed by atoms with E-state index in [-0.39, 0.29) is 0 Å². The number of halogens is 2. The Kier molecular flexibility index (Phi) is 3.79. The molecule has 3 aromatic rings. The van der Waals surface area contributed by atoms with Gasteiger partial charge in [0.1, 0.15) is 0 Å². The van der Waals surface area contributed by atoms with Gasteiger partial charge in [0, 0.05) is 26.7 Å². The minimum Gasteiger partial charge on any atom is -0.252 e. The molecule has 1 unspecified atom stereocenters. The van der Waals surface area contributed by atoms with Gasteiger partial charge < -0.3 is 0 Å². The molecule has 0 saturated carbocycles. The summed E-state index contributed by atoms with van der Waals surface area (Å²) in [5.41, 5.74) is 5.85. The number of hydrogen-bond donors (Lipinski definition) is 0. The maximum Gasteiger partial charge on any atom is 0.0712 e. The van der Waals surface area contributed by atoms with Crippen molar-refractivity contribution in [1.29, 1.82) is 0 Å². The molecule has 1 heterocycles. The van der Waals surface area contributed by atoms with Gasteiger partial charge >= 0.3 is 0 Å². The minimum absolute atomic E-state index is 0.486. The van der Waals surface area contributed by atoms with E-state index in [2.05, 4.69) is 13.0 Å². The average molecular weight is 342 g/mol. The maximum atomic E-state index is 6.52. The second kappa shape index (κ2) is 5.81. The third kappa shape index (κ3) is 2.52. The molecule has 3 heteroatoms. The first-order valence-corrected chi connectivity index (χ1v) is 8.77. The molecule has 0 N–H and O–H groups in total. The summed E-state index contributed by atoms with van der Waals surface area (Å²) in [4.78, 5) is 4.95. The van der Waals surface area contributed by atoms with Crippen LogP contribution in [0, 0.1) is 0 Å². The van der Waals surface area contributed by atoms with E-state index in [0.717, 1.165) is 32.9 Å². The molecule has 1 aromatic heterocycles. The molecule has 1 aliphatic carbocycles. The Morgan fingerprint density at radius 2 is 1.91 bits per heavy atom. The van der Waals surface area contributed by atoms with E-state index in [9.17, 15) is 0 Å². The van der Waals surface area contributed by atoms with Gasteiger partial charge in [0.25, 0.3) is 0 Å². The van der Waals surface area contributed by atoms with E-state index in [1.54, 1.807) is 0 Å². The van der Waals surface area contributed by atoms with Crippen LogP contribution in [0.2, 0.25) is 10.0 Å². The van der Waals surface area contributed by atoms with E-state index in [0.29, 0.717) is 5.92 Å². The van der Waals surface area contributed by atoms with Crippen LogP contribution in [-0.2, 0) is 6.42 Å². The van der Waals surface area contributed by atoms with Crippen molar-refractivity contribution in [2.45, 2.75) is 32.1 Å². The molecule has 1 aliphatic rings. The average Bonchev–Trinajstić information content (AvgIpc) is 2.55. The zero-order valence-corrected chi connectivity index (χ0v) is 14.5. The van der Waals surface area contributed by atoms with Crippen molar-refractivity contribution < 1.29 is 0 Å². The van der Waals surface area contributed by atoms with Crippen molar-refractivity contribution in [3.05, 3.63) is 63.8 Å². The molecule has 116 valence electrons. The molecule has 0 radical (unpaired) electrons. The van der Waals surface area contributed by atoms with Gasteiger partial charge in [0.05, 0.1) is 5.52 Å². The number of hydrogen-bond acceptors (Lipinski definition) is 1. The Morgan fingerprint density at radius 3 is 2.74 bits per heavy atom. The summed E-state index contributed by atoms with van der Waals surface area (Å²) in [7, 11) is 0. The molecule has 2 aromatic carbocycles. The number of benzene rings is 2. The summed E-state index contributed by atoms with van der Waals surface area (Å²) < 4.78 is 0. The predicted molar refractivity (Wildman–Crippen MR) is 98.6 cm³/mol. The number of aromatic nitrogens is 1. The van der Waals surface area contributed by atoms with Gasteiger partial charge in [-0.25, -0.2) is 0 Å². The normalized spacial score (nSPS) is 17.3. The Morgan fingerprint density at radius 1 is 1.09 bits per heavy atom. The van der Waals surface area contributed by atoms with E-state index >= 15 is 0 Å². The fourth-order valence-corrected chi connectivity index (χ4v) is 4.05. The summed E-state index contributed by atoms with van der Waals surface area (Å²) in [5, 5.41) is 2.61. The molecule has 0 spiro atoms. The van der Waals surface area contributed by atoms with Crippen LogP contribution in [0.1, 0.15) is 36.9 Å². The first-order chi connectivity index (χ1) is 11.1. The van der Waals surface area contributed by atoms with Gasteiger partial charge in [-0.1, -0.05) is 48.3 Å². The Hall–Kier alpha value is -1.57. The molecular formula is C20H17Cl2N. The molecule has 0 saturated heterocycles. The highest BCUT2D eigenvalue weighted by atomic mass is 35.5. The Bertz CT molecular complexity index is 902. The number of rotatable bonds is 1. The minimum atomic E-state index is 0.486. The van der Waals surface area contributed by atoms with Crippen molar-refractivity contribution in [1.82, 2.24) is 4.98 Å². The fraction of sp³-hybridized carbons (Fsp3) is 0.250. The first kappa shape index (κ1) is 15.0. The van der Waals surface area contributed by atoms with Gasteiger partial charge in [-0.05, 0) is 60.6 Å². The summed E-state index contributed by atoms with van der Waals surface area (Å²) in [5.74, 6) is 0.486. The van der Waals surface area contributed by atoms with Crippen molar-refractivity contribution in [3.8, 4) is 11.1 Å². The summed E-state index contributed by atoms with van der Waals surface area (Å²) in [6.07, 6.45) is 3.44. The summed E-state index contributed by atoms with van der Waals surface area (Å²) in [6.45, 7) is 2.27. The lowest BCUT2D eigenvalue weighted by Crippen LogP contribution is -2.11. The van der Waals surface area contributed by atoms with Crippen LogP contribution >= 0.6 is 23.2 Å². The van der Waals surface area contributed by atoms with E-state index < -0.39 is 0 Å². The van der Waals surface area contributed by atoms with Crippen molar-refractivity contribution >= 4 is 34.1 Å². The zero-order valence-electron chi connectivity index (χ0n) is 12.9. The van der Waals surface area contributed by atoms with Gasteiger partial charge in [-0.3, -0.25) is 4.98 Å². The van der Waals surface area contributed by atoms with Crippen molar-refractivity contribution in [2.75, 3.05) is 0 Å². The molecule has 1 nitrogen and oxygen atoms in total. The second-order valence-electron chi connectivity index (χ2n) is 6.29. The largest absolute Gasteiger partial charge is 0.252 e. The molecule has 0 bridgehead atoms.